The average molecular weight is 738 g/mol. The first-order valence-corrected chi connectivity index (χ1v) is 20.1. The van der Waals surface area contributed by atoms with Crippen LogP contribution in [0.3, 0.4) is 0 Å². The predicted molar refractivity (Wildman–Crippen MR) is 184 cm³/mol. The van der Waals surface area contributed by atoms with Crippen LogP contribution in [0, 0.1) is 24.7 Å². The number of halogens is 2. The minimum atomic E-state index is 0.0714. The van der Waals surface area contributed by atoms with Gasteiger partial charge in [0.2, 0.25) is 6.41 Å². The van der Waals surface area contributed by atoms with Crippen molar-refractivity contribution in [3.05, 3.63) is 27.9 Å². The molecule has 5 fully saturated rings. The van der Waals surface area contributed by atoms with E-state index in [0.29, 0.717) is 23.5 Å². The molecule has 4 heterocycles. The Balaban J connectivity index is 1.31. The van der Waals surface area contributed by atoms with Gasteiger partial charge in [-0.25, -0.2) is 0 Å². The molecule has 0 radical (unpaired) electrons. The van der Waals surface area contributed by atoms with Crippen LogP contribution in [-0.4, -0.2) is 89.7 Å². The highest BCUT2D eigenvalue weighted by atomic mass is 127. The molecule has 43 heavy (non-hydrogen) atoms. The lowest BCUT2D eigenvalue weighted by Crippen LogP contribution is -2.67. The first-order valence-electron chi connectivity index (χ1n) is 15.7. The van der Waals surface area contributed by atoms with Gasteiger partial charge in [-0.05, 0) is 92.5 Å². The molecule has 1 amide bonds. The second-order valence-electron chi connectivity index (χ2n) is 13.6. The molecule has 2 aromatic rings. The zero-order chi connectivity index (χ0) is 29.9. The Bertz CT molecular complexity index is 1410. The largest absolute Gasteiger partial charge is 0.381 e. The number of anilines is 2. The van der Waals surface area contributed by atoms with Crippen molar-refractivity contribution in [1.29, 1.82) is 5.41 Å². The second-order valence-corrected chi connectivity index (χ2v) is 16.0. The topological polar surface area (TPSA) is 89.7 Å². The first-order chi connectivity index (χ1) is 20.8. The summed E-state index contributed by atoms with van der Waals surface area (Å²) in [5.74, 6) is 1.03. The van der Waals surface area contributed by atoms with Crippen LogP contribution in [0.4, 0.5) is 11.5 Å². The van der Waals surface area contributed by atoms with E-state index >= 15 is 0 Å². The number of carbonyl (C=O) groups excluding carboxylic acids is 1. The van der Waals surface area contributed by atoms with Crippen molar-refractivity contribution >= 4 is 64.1 Å². The highest BCUT2D eigenvalue weighted by Crippen LogP contribution is 2.56. The van der Waals surface area contributed by atoms with E-state index in [9.17, 15) is 4.79 Å². The van der Waals surface area contributed by atoms with E-state index in [1.165, 1.54) is 25.5 Å². The molecule has 0 bridgehead atoms. The Kier molecular flexibility index (Phi) is 8.23. The van der Waals surface area contributed by atoms with Gasteiger partial charge in [-0.3, -0.25) is 14.4 Å². The van der Waals surface area contributed by atoms with Crippen LogP contribution in [0.15, 0.2) is 6.07 Å². The van der Waals surface area contributed by atoms with Crippen LogP contribution in [-0.2, 0) is 9.53 Å². The van der Waals surface area contributed by atoms with Gasteiger partial charge in [0, 0.05) is 98.1 Å². The van der Waals surface area contributed by atoms with Crippen molar-refractivity contribution in [2.45, 2.75) is 76.4 Å². The lowest BCUT2D eigenvalue weighted by Gasteiger charge is -2.58. The Morgan fingerprint density at radius 2 is 1.88 bits per heavy atom. The number of carbonyl (C=O) groups is 1. The molecule has 1 aromatic carbocycles. The fraction of sp³-hybridized carbons (Fsp3) is 0.645. The fourth-order valence-corrected chi connectivity index (χ4v) is 10.1. The quantitative estimate of drug-likeness (QED) is 0.146. The van der Waals surface area contributed by atoms with Crippen molar-refractivity contribution in [3.63, 3.8) is 0 Å². The zero-order valence-electron chi connectivity index (χ0n) is 25.1. The van der Waals surface area contributed by atoms with Crippen molar-refractivity contribution in [3.8, 4) is 11.1 Å². The number of likely N-dealkylation sites (tertiary alicyclic amines) is 1. The number of piperazine rings is 1. The van der Waals surface area contributed by atoms with Crippen LogP contribution in [0.25, 0.3) is 11.1 Å². The monoisotopic (exact) mass is 737 g/mol. The molecule has 1 unspecified atom stereocenters. The molecule has 12 heteroatoms. The summed E-state index contributed by atoms with van der Waals surface area (Å²) in [6.07, 6.45) is 10.8. The van der Waals surface area contributed by atoms with Gasteiger partial charge < -0.3 is 25.0 Å². The summed E-state index contributed by atoms with van der Waals surface area (Å²) in [6.45, 7) is 10.7. The first kappa shape index (κ1) is 30.2. The van der Waals surface area contributed by atoms with E-state index in [-0.39, 0.29) is 11.0 Å². The number of aryl methyl sites for hydroxylation is 1. The molecule has 2 N–H and O–H groups in total. The number of rotatable bonds is 8. The van der Waals surface area contributed by atoms with Gasteiger partial charge in [0.25, 0.3) is 0 Å². The molecule has 2 aliphatic carbocycles. The van der Waals surface area contributed by atoms with Crippen molar-refractivity contribution in [2.75, 3.05) is 55.9 Å². The van der Waals surface area contributed by atoms with Gasteiger partial charge >= 0.3 is 0 Å². The fourth-order valence-electron chi connectivity index (χ4n) is 8.67. The maximum absolute atomic E-state index is 11.3. The number of hydrogen-bond acceptors (Lipinski definition) is 7. The minimum absolute atomic E-state index is 0.0714. The SMILES string of the molecule is Cc1cc(NPI)c(C=N)c(-c2c(N3CCN(C4CCOCC4)CC34CCC4)nn(C3CC4(C3)CN(C=O)C4)c2C)c1Cl. The standard InChI is InChI=1S/C31H42ClIN7O2P/c1-20-12-25(36-43-33)24(15-34)27(28(20)32)26-21(2)40(23-13-30(14-23)16-37(17-30)19-41)35-29(26)39-9-8-38(18-31(39)6-3-7-31)22-4-10-42-11-5-22/h12,15,19,22-23,34,36,43H,3-11,13-14,16-18H2,1-2H3. The summed E-state index contributed by atoms with van der Waals surface area (Å²) in [6, 6.07) is 2.98. The third-order valence-electron chi connectivity index (χ3n) is 11.0. The molecule has 3 aliphatic heterocycles. The van der Waals surface area contributed by atoms with Gasteiger partial charge in [0.1, 0.15) is 0 Å². The molecular weight excluding hydrogens is 696 g/mol. The molecule has 1 atom stereocenters. The summed E-state index contributed by atoms with van der Waals surface area (Å²) < 4.78 is 7.97. The summed E-state index contributed by atoms with van der Waals surface area (Å²) in [5, 5.41) is 18.2. The molecule has 3 saturated heterocycles. The smallest absolute Gasteiger partial charge is 0.209 e. The molecule has 232 valence electrons. The van der Waals surface area contributed by atoms with Crippen LogP contribution < -0.4 is 9.99 Å². The van der Waals surface area contributed by atoms with E-state index < -0.39 is 0 Å². The van der Waals surface area contributed by atoms with E-state index in [1.54, 1.807) is 0 Å². The summed E-state index contributed by atoms with van der Waals surface area (Å²) in [7, 11) is 0. The van der Waals surface area contributed by atoms with Crippen LogP contribution in [0.5, 0.6) is 0 Å². The number of ether oxygens (including phenoxy) is 1. The lowest BCUT2D eigenvalue weighted by molar-refractivity contribution is -0.140. The third kappa shape index (κ3) is 5.02. The number of aromatic nitrogens is 2. The number of nitrogens with one attached hydrogen (secondary N) is 2. The van der Waals surface area contributed by atoms with E-state index in [2.05, 4.69) is 61.5 Å². The normalized spacial score (nSPS) is 23.9. The zero-order valence-corrected chi connectivity index (χ0v) is 29.0. The summed E-state index contributed by atoms with van der Waals surface area (Å²) in [4.78, 5) is 18.5. The number of benzene rings is 1. The van der Waals surface area contributed by atoms with Gasteiger partial charge in [0.15, 0.2) is 5.82 Å². The molecular formula is C31H42ClIN7O2P. The minimum Gasteiger partial charge on any atom is -0.381 e. The lowest BCUT2D eigenvalue weighted by atomic mass is 9.61. The summed E-state index contributed by atoms with van der Waals surface area (Å²) >= 11 is 9.56. The summed E-state index contributed by atoms with van der Waals surface area (Å²) in [5.41, 5.74) is 6.24. The second kappa shape index (κ2) is 11.7. The van der Waals surface area contributed by atoms with Crippen molar-refractivity contribution in [1.82, 2.24) is 19.6 Å². The van der Waals surface area contributed by atoms with Crippen LogP contribution in [0.1, 0.15) is 67.8 Å². The Morgan fingerprint density at radius 3 is 2.51 bits per heavy atom. The van der Waals surface area contributed by atoms with Crippen molar-refractivity contribution in [2.24, 2.45) is 5.41 Å². The van der Waals surface area contributed by atoms with Crippen LogP contribution in [0.2, 0.25) is 5.02 Å². The Labute approximate surface area is 274 Å². The number of hydrogen-bond donors (Lipinski definition) is 2. The van der Waals surface area contributed by atoms with Gasteiger partial charge in [-0.15, -0.1) is 0 Å². The van der Waals surface area contributed by atoms with E-state index in [1.807, 2.05) is 4.90 Å². The molecule has 5 aliphatic rings. The highest BCUT2D eigenvalue weighted by Gasteiger charge is 2.54. The average Bonchev–Trinajstić information content (AvgIpc) is 3.28. The molecule has 9 nitrogen and oxygen atoms in total. The van der Waals surface area contributed by atoms with Gasteiger partial charge in [0.05, 0.1) is 16.6 Å². The van der Waals surface area contributed by atoms with Crippen LogP contribution >= 0.6 is 40.0 Å². The Hall–Kier alpha value is -1.46. The Morgan fingerprint density at radius 1 is 1.14 bits per heavy atom. The van der Waals surface area contributed by atoms with E-state index in [4.69, 9.17) is 26.8 Å². The van der Waals surface area contributed by atoms with Gasteiger partial charge in [-0.2, -0.15) is 5.10 Å². The third-order valence-corrected chi connectivity index (χ3v) is 12.7. The number of nitrogens with zero attached hydrogens (tertiary/aromatic N) is 5. The molecule has 2 saturated carbocycles. The maximum atomic E-state index is 11.3. The molecule has 1 aromatic heterocycles. The van der Waals surface area contributed by atoms with E-state index in [0.717, 1.165) is 117 Å². The highest BCUT2D eigenvalue weighted by molar-refractivity contribution is 14.2. The number of amides is 1. The predicted octanol–water partition coefficient (Wildman–Crippen LogP) is 6.19. The van der Waals surface area contributed by atoms with Crippen molar-refractivity contribution < 1.29 is 9.53 Å². The maximum Gasteiger partial charge on any atom is 0.209 e. The molecule has 2 spiro atoms. The molecule has 7 rings (SSSR count). The van der Waals surface area contributed by atoms with Gasteiger partial charge in [-0.1, -0.05) is 11.6 Å².